The maximum absolute atomic E-state index is 13.1. The van der Waals surface area contributed by atoms with Crippen molar-refractivity contribution < 1.29 is 9.21 Å². The third-order valence-electron chi connectivity index (χ3n) is 5.19. The molecule has 2 aliphatic heterocycles. The molecule has 0 saturated carbocycles. The zero-order chi connectivity index (χ0) is 18.9. The second-order valence-electron chi connectivity index (χ2n) is 7.06. The first kappa shape index (κ1) is 17.4. The predicted molar refractivity (Wildman–Crippen MR) is 97.4 cm³/mol. The first-order valence-corrected chi connectivity index (χ1v) is 9.14. The molecule has 1 unspecified atom stereocenters. The second-order valence-corrected chi connectivity index (χ2v) is 7.06. The van der Waals surface area contributed by atoms with Crippen LogP contribution in [0.5, 0.6) is 0 Å². The maximum atomic E-state index is 13.1. The molecule has 27 heavy (non-hydrogen) atoms. The van der Waals surface area contributed by atoms with Crippen LogP contribution >= 0.6 is 0 Å². The molecular formula is C20H21N5O2. The summed E-state index contributed by atoms with van der Waals surface area (Å²) >= 11 is 0. The van der Waals surface area contributed by atoms with E-state index in [1.54, 1.807) is 6.92 Å². The van der Waals surface area contributed by atoms with Crippen LogP contribution in [-0.4, -0.2) is 26.7 Å². The van der Waals surface area contributed by atoms with Gasteiger partial charge in [0.15, 0.2) is 5.66 Å². The van der Waals surface area contributed by atoms with E-state index >= 15 is 0 Å². The fourth-order valence-corrected chi connectivity index (χ4v) is 3.57. The number of benzene rings is 1. The number of carbonyl (C=O) groups is 1. The Labute approximate surface area is 157 Å². The molecule has 2 aliphatic rings. The summed E-state index contributed by atoms with van der Waals surface area (Å²) in [6, 6.07) is 7.91. The molecule has 7 heteroatoms. The average molecular weight is 363 g/mol. The maximum Gasteiger partial charge on any atom is 0.239 e. The summed E-state index contributed by atoms with van der Waals surface area (Å²) in [5.41, 5.74) is 1.91. The number of fused-ring (bicyclic) bond motifs is 1. The van der Waals surface area contributed by atoms with E-state index in [0.29, 0.717) is 50.4 Å². The Balaban J connectivity index is 1.51. The fourth-order valence-electron chi connectivity index (χ4n) is 3.57. The number of aromatic nitrogens is 2. The summed E-state index contributed by atoms with van der Waals surface area (Å²) in [7, 11) is 0. The lowest BCUT2D eigenvalue weighted by Crippen LogP contribution is -2.39. The van der Waals surface area contributed by atoms with Crippen LogP contribution in [0.2, 0.25) is 0 Å². The topological polar surface area (TPSA) is 84.0 Å². The molecule has 0 spiro atoms. The minimum Gasteiger partial charge on any atom is -0.423 e. The standard InChI is InChI=1S/C20H21N5O2/c1-3-4-10-20(23-24-20)11-9-18(26)25-13-16-8-6-5-7-15(16)12-17(25)19-22-21-14(2)27-19/h1,5-8,17H,4,9-13H2,2H3. The molecule has 1 atom stereocenters. The Morgan fingerprint density at radius 3 is 2.74 bits per heavy atom. The largest absolute Gasteiger partial charge is 0.423 e. The second kappa shape index (κ2) is 6.95. The predicted octanol–water partition coefficient (Wildman–Crippen LogP) is 3.36. The molecule has 0 N–H and O–H groups in total. The van der Waals surface area contributed by atoms with Crippen molar-refractivity contribution in [3.05, 3.63) is 47.2 Å². The monoisotopic (exact) mass is 363 g/mol. The molecule has 0 aliphatic carbocycles. The van der Waals surface area contributed by atoms with E-state index in [-0.39, 0.29) is 11.9 Å². The summed E-state index contributed by atoms with van der Waals surface area (Å²) in [4.78, 5) is 14.9. The Bertz CT molecular complexity index is 920. The number of amides is 1. The molecule has 0 bridgehead atoms. The van der Waals surface area contributed by atoms with Gasteiger partial charge in [-0.1, -0.05) is 24.3 Å². The van der Waals surface area contributed by atoms with Crippen molar-refractivity contribution in [2.45, 2.75) is 57.3 Å². The smallest absolute Gasteiger partial charge is 0.239 e. The van der Waals surface area contributed by atoms with Crippen LogP contribution in [0.4, 0.5) is 0 Å². The zero-order valence-electron chi connectivity index (χ0n) is 15.3. The highest BCUT2D eigenvalue weighted by molar-refractivity contribution is 5.77. The van der Waals surface area contributed by atoms with E-state index in [0.717, 1.165) is 5.56 Å². The van der Waals surface area contributed by atoms with Crippen LogP contribution in [-0.2, 0) is 17.8 Å². The van der Waals surface area contributed by atoms with Gasteiger partial charge in [-0.05, 0) is 11.1 Å². The van der Waals surface area contributed by atoms with Crippen LogP contribution in [0.15, 0.2) is 38.9 Å². The number of rotatable bonds is 6. The van der Waals surface area contributed by atoms with Gasteiger partial charge >= 0.3 is 0 Å². The molecular weight excluding hydrogens is 342 g/mol. The van der Waals surface area contributed by atoms with Gasteiger partial charge in [-0.15, -0.1) is 22.5 Å². The molecule has 1 aromatic heterocycles. The van der Waals surface area contributed by atoms with Crippen molar-refractivity contribution in [3.63, 3.8) is 0 Å². The third-order valence-corrected chi connectivity index (χ3v) is 5.19. The number of aryl methyl sites for hydroxylation is 1. The highest BCUT2D eigenvalue weighted by atomic mass is 16.4. The minimum atomic E-state index is -0.452. The first-order chi connectivity index (χ1) is 13.1. The average Bonchev–Trinajstić information content (AvgIpc) is 3.34. The molecule has 3 heterocycles. The lowest BCUT2D eigenvalue weighted by atomic mass is 9.93. The van der Waals surface area contributed by atoms with Gasteiger partial charge in [-0.25, -0.2) is 0 Å². The SMILES string of the molecule is C#CCCC1(CCC(=O)N2Cc3ccccc3CC2c2nnc(C)o2)N=N1. The van der Waals surface area contributed by atoms with Gasteiger partial charge in [0, 0.05) is 45.6 Å². The van der Waals surface area contributed by atoms with Crippen LogP contribution in [0, 0.1) is 19.3 Å². The molecule has 4 rings (SSSR count). The highest BCUT2D eigenvalue weighted by Gasteiger charge is 2.41. The van der Waals surface area contributed by atoms with Gasteiger partial charge in [0.25, 0.3) is 0 Å². The Morgan fingerprint density at radius 2 is 2.07 bits per heavy atom. The number of carbonyl (C=O) groups excluding carboxylic acids is 1. The molecule has 0 radical (unpaired) electrons. The van der Waals surface area contributed by atoms with E-state index in [4.69, 9.17) is 10.8 Å². The van der Waals surface area contributed by atoms with E-state index in [1.807, 2.05) is 17.0 Å². The van der Waals surface area contributed by atoms with E-state index in [1.165, 1.54) is 5.56 Å². The van der Waals surface area contributed by atoms with Gasteiger partial charge in [0.2, 0.25) is 17.7 Å². The molecule has 1 amide bonds. The summed E-state index contributed by atoms with van der Waals surface area (Å²) in [5, 5.41) is 16.3. The molecule has 0 saturated heterocycles. The summed E-state index contributed by atoms with van der Waals surface area (Å²) in [6.45, 7) is 2.29. The lowest BCUT2D eigenvalue weighted by Gasteiger charge is -2.35. The van der Waals surface area contributed by atoms with Crippen molar-refractivity contribution in [1.82, 2.24) is 15.1 Å². The molecule has 7 nitrogen and oxygen atoms in total. The van der Waals surface area contributed by atoms with E-state index in [2.05, 4.69) is 38.5 Å². The first-order valence-electron chi connectivity index (χ1n) is 9.14. The van der Waals surface area contributed by atoms with Crippen LogP contribution in [0.1, 0.15) is 54.6 Å². The highest BCUT2D eigenvalue weighted by Crippen LogP contribution is 2.39. The fraction of sp³-hybridized carbons (Fsp3) is 0.450. The van der Waals surface area contributed by atoms with Gasteiger partial charge in [0.05, 0.1) is 0 Å². The number of terminal acetylenes is 1. The summed E-state index contributed by atoms with van der Waals surface area (Å²) in [6.07, 6.45) is 8.26. The minimum absolute atomic E-state index is 0.0442. The third kappa shape index (κ3) is 3.61. The van der Waals surface area contributed by atoms with Crippen molar-refractivity contribution in [2.75, 3.05) is 0 Å². The lowest BCUT2D eigenvalue weighted by molar-refractivity contribution is -0.135. The summed E-state index contributed by atoms with van der Waals surface area (Å²) < 4.78 is 5.65. The van der Waals surface area contributed by atoms with Crippen molar-refractivity contribution in [3.8, 4) is 12.3 Å². The molecule has 2 aromatic rings. The van der Waals surface area contributed by atoms with E-state index in [9.17, 15) is 4.79 Å². The van der Waals surface area contributed by atoms with Gasteiger partial charge in [-0.2, -0.15) is 10.2 Å². The normalized spacial score (nSPS) is 19.4. The van der Waals surface area contributed by atoms with Crippen molar-refractivity contribution in [1.29, 1.82) is 0 Å². The zero-order valence-corrected chi connectivity index (χ0v) is 15.3. The Hall–Kier alpha value is -3.01. The number of hydrogen-bond donors (Lipinski definition) is 0. The van der Waals surface area contributed by atoms with Crippen molar-refractivity contribution in [2.24, 2.45) is 10.2 Å². The van der Waals surface area contributed by atoms with Gasteiger partial charge in [0.1, 0.15) is 6.04 Å². The van der Waals surface area contributed by atoms with Gasteiger partial charge in [-0.3, -0.25) is 4.79 Å². The van der Waals surface area contributed by atoms with Crippen molar-refractivity contribution >= 4 is 5.91 Å². The summed E-state index contributed by atoms with van der Waals surface area (Å²) in [5.74, 6) is 3.64. The number of hydrogen-bond acceptors (Lipinski definition) is 6. The number of nitrogens with zero attached hydrogens (tertiary/aromatic N) is 5. The van der Waals surface area contributed by atoms with Gasteiger partial charge < -0.3 is 9.32 Å². The Kier molecular flexibility index (Phi) is 4.48. The van der Waals surface area contributed by atoms with Crippen LogP contribution in [0.25, 0.3) is 0 Å². The molecule has 1 aromatic carbocycles. The Morgan fingerprint density at radius 1 is 1.30 bits per heavy atom. The molecule has 138 valence electrons. The van der Waals surface area contributed by atoms with Crippen LogP contribution < -0.4 is 0 Å². The van der Waals surface area contributed by atoms with E-state index < -0.39 is 5.66 Å². The van der Waals surface area contributed by atoms with Crippen LogP contribution in [0.3, 0.4) is 0 Å². The quantitative estimate of drug-likeness (QED) is 0.737. The molecule has 0 fully saturated rings.